The number of anilines is 1. The van der Waals surface area contributed by atoms with Crippen LogP contribution in [0.2, 0.25) is 0 Å². The Bertz CT molecular complexity index is 1190. The maximum atomic E-state index is 13.4. The summed E-state index contributed by atoms with van der Waals surface area (Å²) in [5, 5.41) is 13.8. The lowest BCUT2D eigenvalue weighted by atomic mass is 9.72. The summed E-state index contributed by atoms with van der Waals surface area (Å²) in [6, 6.07) is 13.1. The molecule has 1 heterocycles. The summed E-state index contributed by atoms with van der Waals surface area (Å²) in [6.07, 6.45) is 4.67. The van der Waals surface area contributed by atoms with Crippen LogP contribution in [0.4, 0.5) is 10.7 Å². The number of aromatic hydroxyl groups is 1. The molecule has 0 aliphatic heterocycles. The molecule has 1 aliphatic carbocycles. The molecule has 172 valence electrons. The van der Waals surface area contributed by atoms with Crippen LogP contribution in [0.25, 0.3) is 0 Å². The summed E-state index contributed by atoms with van der Waals surface area (Å²) in [5.74, 6) is 0.609. The molecule has 4 rings (SSSR count). The molecule has 4 nitrogen and oxygen atoms in total. The topological polar surface area (TPSA) is 61.7 Å². The Morgan fingerprint density at radius 1 is 1.18 bits per heavy atom. The molecule has 33 heavy (non-hydrogen) atoms. The highest BCUT2D eigenvalue weighted by Gasteiger charge is 2.33. The number of para-hydroxylation sites is 1. The zero-order chi connectivity index (χ0) is 23.8. The fourth-order valence-electron chi connectivity index (χ4n) is 4.14. The number of hydrogen-bond acceptors (Lipinski definition) is 4. The summed E-state index contributed by atoms with van der Waals surface area (Å²) in [6.45, 7) is 6.87. The van der Waals surface area contributed by atoms with E-state index in [1.165, 1.54) is 4.88 Å². The lowest BCUT2D eigenvalue weighted by molar-refractivity contribution is 0.102. The van der Waals surface area contributed by atoms with E-state index in [-0.39, 0.29) is 17.1 Å². The second-order valence-corrected chi connectivity index (χ2v) is 12.2. The number of fused-ring (bicyclic) bond motifs is 1. The van der Waals surface area contributed by atoms with Gasteiger partial charge >= 0.3 is 0 Å². The van der Waals surface area contributed by atoms with Crippen LogP contribution in [-0.2, 0) is 12.8 Å². The van der Waals surface area contributed by atoms with E-state index >= 15 is 0 Å². The molecule has 3 aromatic rings. The van der Waals surface area contributed by atoms with Gasteiger partial charge in [-0.1, -0.05) is 39.0 Å². The second kappa shape index (κ2) is 9.72. The number of thiophene rings is 1. The van der Waals surface area contributed by atoms with Gasteiger partial charge in [-0.15, -0.1) is 11.3 Å². The summed E-state index contributed by atoms with van der Waals surface area (Å²) in [4.78, 5) is 19.4. The number of amides is 1. The summed E-state index contributed by atoms with van der Waals surface area (Å²) in [5.41, 5.74) is 3.63. The molecule has 0 radical (unpaired) electrons. The molecule has 2 N–H and O–H groups in total. The molecule has 1 aliphatic rings. The maximum absolute atomic E-state index is 13.4. The Labute approximate surface area is 215 Å². The zero-order valence-corrected chi connectivity index (χ0v) is 22.8. The number of hydrogen-bond donors (Lipinski definition) is 2. The lowest BCUT2D eigenvalue weighted by Crippen LogP contribution is -2.27. The van der Waals surface area contributed by atoms with Crippen LogP contribution in [0.15, 0.2) is 56.4 Å². The van der Waals surface area contributed by atoms with Gasteiger partial charge in [0.05, 0.1) is 14.5 Å². The van der Waals surface area contributed by atoms with Crippen molar-refractivity contribution in [3.63, 3.8) is 0 Å². The fourth-order valence-corrected chi connectivity index (χ4v) is 6.63. The molecule has 0 unspecified atom stereocenters. The molecule has 1 amide bonds. The number of benzene rings is 2. The first-order valence-corrected chi connectivity index (χ1v) is 13.3. The molecule has 7 heteroatoms. The van der Waals surface area contributed by atoms with Gasteiger partial charge in [0.25, 0.3) is 5.91 Å². The monoisotopic (exact) mass is 588 g/mol. The highest BCUT2D eigenvalue weighted by Crippen LogP contribution is 2.45. The number of rotatable bonds is 4. The normalized spacial score (nSPS) is 16.1. The van der Waals surface area contributed by atoms with E-state index in [2.05, 4.69) is 57.9 Å². The number of phenols is 1. The Balaban J connectivity index is 1.72. The zero-order valence-electron chi connectivity index (χ0n) is 18.8. The van der Waals surface area contributed by atoms with Crippen LogP contribution >= 0.6 is 43.2 Å². The van der Waals surface area contributed by atoms with Gasteiger partial charge in [0, 0.05) is 16.8 Å². The SMILES string of the molecule is CC(C)(C)[C@@H]1CCc2c(sc(N=Cc3cc(Br)c(O)c(Br)c3)c2C(=O)Nc2ccccc2)C1. The number of aliphatic imine (C=N–C) groups is 1. The van der Waals surface area contributed by atoms with E-state index in [0.29, 0.717) is 20.4 Å². The van der Waals surface area contributed by atoms with Gasteiger partial charge in [-0.25, -0.2) is 4.99 Å². The number of carbonyl (C=O) groups is 1. The molecular formula is C26H26Br2N2O2S. The summed E-state index contributed by atoms with van der Waals surface area (Å²) < 4.78 is 1.16. The molecule has 0 saturated heterocycles. The number of nitrogens with zero attached hydrogens (tertiary/aromatic N) is 1. The van der Waals surface area contributed by atoms with Crippen molar-refractivity contribution in [3.8, 4) is 5.75 Å². The van der Waals surface area contributed by atoms with Crippen LogP contribution < -0.4 is 5.32 Å². The number of halogens is 2. The molecule has 2 aromatic carbocycles. The molecule has 0 bridgehead atoms. The largest absolute Gasteiger partial charge is 0.506 e. The molecular weight excluding hydrogens is 564 g/mol. The maximum Gasteiger partial charge on any atom is 0.259 e. The third-order valence-electron chi connectivity index (χ3n) is 6.10. The predicted molar refractivity (Wildman–Crippen MR) is 144 cm³/mol. The van der Waals surface area contributed by atoms with Crippen molar-refractivity contribution in [3.05, 3.63) is 73.0 Å². The summed E-state index contributed by atoms with van der Waals surface area (Å²) >= 11 is 8.35. The minimum Gasteiger partial charge on any atom is -0.506 e. The smallest absolute Gasteiger partial charge is 0.259 e. The first-order chi connectivity index (χ1) is 15.6. The Hall–Kier alpha value is -1.96. The van der Waals surface area contributed by atoms with Gasteiger partial charge in [-0.05, 0) is 97.8 Å². The number of nitrogens with one attached hydrogen (secondary N) is 1. The first-order valence-electron chi connectivity index (χ1n) is 10.9. The average molecular weight is 590 g/mol. The van der Waals surface area contributed by atoms with E-state index in [1.807, 2.05) is 30.3 Å². The van der Waals surface area contributed by atoms with Crippen LogP contribution in [0.5, 0.6) is 5.75 Å². The Kier molecular flexibility index (Phi) is 7.12. The van der Waals surface area contributed by atoms with Gasteiger partial charge < -0.3 is 10.4 Å². The minimum absolute atomic E-state index is 0.117. The molecule has 1 atom stereocenters. The predicted octanol–water partition coefficient (Wildman–Crippen LogP) is 8.13. The minimum atomic E-state index is -0.117. The number of carbonyl (C=O) groups excluding carboxylic acids is 1. The highest BCUT2D eigenvalue weighted by atomic mass is 79.9. The second-order valence-electron chi connectivity index (χ2n) is 9.40. The molecule has 1 aromatic heterocycles. The Morgan fingerprint density at radius 3 is 2.48 bits per heavy atom. The van der Waals surface area contributed by atoms with Gasteiger partial charge in [0.2, 0.25) is 0 Å². The lowest BCUT2D eigenvalue weighted by Gasteiger charge is -2.33. The van der Waals surface area contributed by atoms with Crippen LogP contribution in [-0.4, -0.2) is 17.2 Å². The van der Waals surface area contributed by atoms with Crippen molar-refractivity contribution in [2.45, 2.75) is 40.0 Å². The molecule has 0 saturated carbocycles. The van der Waals surface area contributed by atoms with Crippen molar-refractivity contribution >= 4 is 66.0 Å². The Morgan fingerprint density at radius 2 is 1.85 bits per heavy atom. The number of phenolic OH excluding ortho intramolecular Hbond substituents is 1. The van der Waals surface area contributed by atoms with Crippen molar-refractivity contribution in [2.24, 2.45) is 16.3 Å². The van der Waals surface area contributed by atoms with Crippen molar-refractivity contribution in [1.29, 1.82) is 0 Å². The fraction of sp³-hybridized carbons (Fsp3) is 0.308. The van der Waals surface area contributed by atoms with Gasteiger partial charge in [0.15, 0.2) is 0 Å². The quantitative estimate of drug-likeness (QED) is 0.302. The standard InChI is InChI=1S/C26H26Br2N2O2S/c1-26(2,3)16-9-10-18-21(13-16)33-25(22(18)24(32)30-17-7-5-4-6-8-17)29-14-15-11-19(27)23(31)20(28)12-15/h4-8,11-12,14,16,31H,9-10,13H2,1-3H3,(H,30,32)/t16-/m1/s1. The van der Waals surface area contributed by atoms with Crippen molar-refractivity contribution < 1.29 is 9.90 Å². The third kappa shape index (κ3) is 5.42. The van der Waals surface area contributed by atoms with E-state index in [0.717, 1.165) is 41.1 Å². The average Bonchev–Trinajstić information content (AvgIpc) is 3.13. The van der Waals surface area contributed by atoms with Gasteiger partial charge in [-0.2, -0.15) is 0 Å². The highest BCUT2D eigenvalue weighted by molar-refractivity contribution is 9.11. The van der Waals surface area contributed by atoms with Crippen molar-refractivity contribution in [1.82, 2.24) is 0 Å². The van der Waals surface area contributed by atoms with E-state index < -0.39 is 0 Å². The van der Waals surface area contributed by atoms with E-state index in [1.54, 1.807) is 29.7 Å². The van der Waals surface area contributed by atoms with E-state index in [4.69, 9.17) is 4.99 Å². The van der Waals surface area contributed by atoms with Crippen LogP contribution in [0.3, 0.4) is 0 Å². The first kappa shape index (κ1) is 24.2. The molecule has 0 fully saturated rings. The van der Waals surface area contributed by atoms with Crippen molar-refractivity contribution in [2.75, 3.05) is 5.32 Å². The van der Waals surface area contributed by atoms with Crippen LogP contribution in [0, 0.1) is 11.3 Å². The third-order valence-corrected chi connectivity index (χ3v) is 8.47. The van der Waals surface area contributed by atoms with Gasteiger partial charge in [-0.3, -0.25) is 4.79 Å². The van der Waals surface area contributed by atoms with Gasteiger partial charge in [0.1, 0.15) is 10.8 Å². The van der Waals surface area contributed by atoms with E-state index in [9.17, 15) is 9.90 Å². The molecule has 0 spiro atoms. The van der Waals surface area contributed by atoms with Crippen LogP contribution in [0.1, 0.15) is 53.6 Å². The summed E-state index contributed by atoms with van der Waals surface area (Å²) in [7, 11) is 0.